The SMILES string of the molecule is O=C1NC(c2ccc(OCCCc3ccccc3)cc2)Nc2ccccc21. The van der Waals surface area contributed by atoms with Crippen LogP contribution in [0.3, 0.4) is 0 Å². The Bertz CT molecular complexity index is 907. The third-order valence-corrected chi connectivity index (χ3v) is 4.68. The van der Waals surface area contributed by atoms with Gasteiger partial charge in [0.2, 0.25) is 0 Å². The number of nitrogens with one attached hydrogen (secondary N) is 2. The van der Waals surface area contributed by atoms with Crippen molar-refractivity contribution in [3.8, 4) is 5.75 Å². The molecule has 0 saturated heterocycles. The number of carbonyl (C=O) groups excluding carboxylic acids is 1. The maximum atomic E-state index is 12.3. The molecule has 0 aromatic heterocycles. The standard InChI is InChI=1S/C23H22N2O2/c26-23-20-10-4-5-11-21(20)24-22(25-23)18-12-14-19(15-13-18)27-16-6-9-17-7-2-1-3-8-17/h1-5,7-8,10-15,22,24H,6,9,16H2,(H,25,26). The van der Waals surface area contributed by atoms with E-state index in [0.717, 1.165) is 29.8 Å². The van der Waals surface area contributed by atoms with E-state index in [1.807, 2.05) is 54.6 Å². The highest BCUT2D eigenvalue weighted by Gasteiger charge is 2.23. The lowest BCUT2D eigenvalue weighted by atomic mass is 10.1. The molecule has 1 unspecified atom stereocenters. The number of rotatable bonds is 6. The average Bonchev–Trinajstić information content (AvgIpc) is 2.72. The zero-order chi connectivity index (χ0) is 18.5. The van der Waals surface area contributed by atoms with E-state index in [0.29, 0.717) is 12.2 Å². The highest BCUT2D eigenvalue weighted by molar-refractivity contribution is 6.01. The molecule has 1 aliphatic heterocycles. The van der Waals surface area contributed by atoms with Gasteiger partial charge < -0.3 is 15.4 Å². The number of fused-ring (bicyclic) bond motifs is 1. The van der Waals surface area contributed by atoms with Crippen LogP contribution in [-0.2, 0) is 6.42 Å². The first-order valence-corrected chi connectivity index (χ1v) is 9.23. The topological polar surface area (TPSA) is 50.4 Å². The van der Waals surface area contributed by atoms with E-state index < -0.39 is 0 Å². The number of carbonyl (C=O) groups is 1. The predicted molar refractivity (Wildman–Crippen MR) is 107 cm³/mol. The first-order chi connectivity index (χ1) is 13.3. The van der Waals surface area contributed by atoms with E-state index in [-0.39, 0.29) is 12.1 Å². The lowest BCUT2D eigenvalue weighted by molar-refractivity contribution is 0.0935. The molecule has 0 spiro atoms. The minimum Gasteiger partial charge on any atom is -0.494 e. The summed E-state index contributed by atoms with van der Waals surface area (Å²) in [6, 6.07) is 25.8. The second kappa shape index (κ2) is 7.96. The molecule has 136 valence electrons. The smallest absolute Gasteiger partial charge is 0.255 e. The van der Waals surface area contributed by atoms with Crippen molar-refractivity contribution in [3.63, 3.8) is 0 Å². The van der Waals surface area contributed by atoms with Gasteiger partial charge >= 0.3 is 0 Å². The van der Waals surface area contributed by atoms with Crippen LogP contribution in [0.15, 0.2) is 78.9 Å². The Morgan fingerprint density at radius 3 is 2.37 bits per heavy atom. The molecule has 4 rings (SSSR count). The average molecular weight is 358 g/mol. The fourth-order valence-electron chi connectivity index (χ4n) is 3.24. The summed E-state index contributed by atoms with van der Waals surface area (Å²) < 4.78 is 5.84. The molecule has 3 aromatic carbocycles. The van der Waals surface area contributed by atoms with Gasteiger partial charge in [0.15, 0.2) is 0 Å². The number of ether oxygens (including phenoxy) is 1. The predicted octanol–water partition coefficient (Wildman–Crippen LogP) is 4.55. The molecule has 1 aliphatic rings. The van der Waals surface area contributed by atoms with Gasteiger partial charge in [0.25, 0.3) is 5.91 Å². The largest absolute Gasteiger partial charge is 0.494 e. The molecular formula is C23H22N2O2. The fraction of sp³-hybridized carbons (Fsp3) is 0.174. The number of hydrogen-bond donors (Lipinski definition) is 2. The molecule has 3 aromatic rings. The van der Waals surface area contributed by atoms with Crippen LogP contribution in [0.4, 0.5) is 5.69 Å². The molecule has 0 saturated carbocycles. The number of aryl methyl sites for hydroxylation is 1. The Morgan fingerprint density at radius 2 is 1.56 bits per heavy atom. The fourth-order valence-corrected chi connectivity index (χ4v) is 3.24. The first-order valence-electron chi connectivity index (χ1n) is 9.23. The Labute approximate surface area is 159 Å². The van der Waals surface area contributed by atoms with Gasteiger partial charge in [-0.15, -0.1) is 0 Å². The maximum absolute atomic E-state index is 12.3. The summed E-state index contributed by atoms with van der Waals surface area (Å²) in [5.74, 6) is 0.782. The maximum Gasteiger partial charge on any atom is 0.255 e. The lowest BCUT2D eigenvalue weighted by Crippen LogP contribution is -2.38. The van der Waals surface area contributed by atoms with Gasteiger partial charge in [0.05, 0.1) is 12.2 Å². The van der Waals surface area contributed by atoms with Crippen molar-refractivity contribution in [3.05, 3.63) is 95.6 Å². The summed E-state index contributed by atoms with van der Waals surface area (Å²) in [4.78, 5) is 12.3. The molecular weight excluding hydrogens is 336 g/mol. The Morgan fingerprint density at radius 1 is 0.815 bits per heavy atom. The summed E-state index contributed by atoms with van der Waals surface area (Å²) in [6.45, 7) is 0.681. The minimum absolute atomic E-state index is 0.0596. The zero-order valence-electron chi connectivity index (χ0n) is 15.0. The van der Waals surface area contributed by atoms with Crippen LogP contribution in [0.1, 0.15) is 34.1 Å². The highest BCUT2D eigenvalue weighted by Crippen LogP contribution is 2.27. The normalized spacial score (nSPS) is 15.4. The van der Waals surface area contributed by atoms with Crippen molar-refractivity contribution in [1.29, 1.82) is 0 Å². The van der Waals surface area contributed by atoms with E-state index in [2.05, 4.69) is 34.9 Å². The number of hydrogen-bond acceptors (Lipinski definition) is 3. The van der Waals surface area contributed by atoms with E-state index in [1.165, 1.54) is 5.56 Å². The van der Waals surface area contributed by atoms with E-state index in [9.17, 15) is 4.79 Å². The van der Waals surface area contributed by atoms with Crippen molar-refractivity contribution in [2.75, 3.05) is 11.9 Å². The number of anilines is 1. The summed E-state index contributed by atoms with van der Waals surface area (Å²) >= 11 is 0. The van der Waals surface area contributed by atoms with Crippen LogP contribution >= 0.6 is 0 Å². The quantitative estimate of drug-likeness (QED) is 0.636. The van der Waals surface area contributed by atoms with Crippen LogP contribution in [0, 0.1) is 0 Å². The van der Waals surface area contributed by atoms with Crippen LogP contribution < -0.4 is 15.4 Å². The molecule has 4 heteroatoms. The molecule has 1 atom stereocenters. The van der Waals surface area contributed by atoms with Gasteiger partial charge in [-0.2, -0.15) is 0 Å². The third kappa shape index (κ3) is 4.11. The zero-order valence-corrected chi connectivity index (χ0v) is 15.0. The highest BCUT2D eigenvalue weighted by atomic mass is 16.5. The molecule has 2 N–H and O–H groups in total. The molecule has 27 heavy (non-hydrogen) atoms. The van der Waals surface area contributed by atoms with Gasteiger partial charge in [-0.3, -0.25) is 4.79 Å². The molecule has 1 heterocycles. The van der Waals surface area contributed by atoms with E-state index in [4.69, 9.17) is 4.74 Å². The lowest BCUT2D eigenvalue weighted by Gasteiger charge is -2.28. The molecule has 0 radical (unpaired) electrons. The van der Waals surface area contributed by atoms with E-state index >= 15 is 0 Å². The van der Waals surface area contributed by atoms with Gasteiger partial charge in [-0.1, -0.05) is 54.6 Å². The van der Waals surface area contributed by atoms with E-state index in [1.54, 1.807) is 0 Å². The summed E-state index contributed by atoms with van der Waals surface area (Å²) in [5.41, 5.74) is 3.85. The number of para-hydroxylation sites is 1. The second-order valence-electron chi connectivity index (χ2n) is 6.60. The van der Waals surface area contributed by atoms with Crippen molar-refractivity contribution in [2.24, 2.45) is 0 Å². The van der Waals surface area contributed by atoms with Crippen molar-refractivity contribution >= 4 is 11.6 Å². The van der Waals surface area contributed by atoms with Crippen molar-refractivity contribution in [1.82, 2.24) is 5.32 Å². The monoisotopic (exact) mass is 358 g/mol. The molecule has 1 amide bonds. The van der Waals surface area contributed by atoms with Gasteiger partial charge in [0, 0.05) is 5.69 Å². The van der Waals surface area contributed by atoms with Crippen LogP contribution in [0.5, 0.6) is 5.75 Å². The van der Waals surface area contributed by atoms with Gasteiger partial charge in [0.1, 0.15) is 11.9 Å². The molecule has 0 fully saturated rings. The summed E-state index contributed by atoms with van der Waals surface area (Å²) in [7, 11) is 0. The number of benzene rings is 3. The second-order valence-corrected chi connectivity index (χ2v) is 6.60. The molecule has 0 bridgehead atoms. The van der Waals surface area contributed by atoms with Crippen LogP contribution in [0.25, 0.3) is 0 Å². The Kier molecular flexibility index (Phi) is 5.06. The van der Waals surface area contributed by atoms with Crippen molar-refractivity contribution in [2.45, 2.75) is 19.0 Å². The third-order valence-electron chi connectivity index (χ3n) is 4.68. The molecule has 4 nitrogen and oxygen atoms in total. The molecule has 0 aliphatic carbocycles. The van der Waals surface area contributed by atoms with Crippen molar-refractivity contribution < 1.29 is 9.53 Å². The summed E-state index contributed by atoms with van der Waals surface area (Å²) in [6.07, 6.45) is 1.75. The minimum atomic E-state index is -0.237. The van der Waals surface area contributed by atoms with Crippen LogP contribution in [0.2, 0.25) is 0 Å². The van der Waals surface area contributed by atoms with Gasteiger partial charge in [-0.25, -0.2) is 0 Å². The Balaban J connectivity index is 1.32. The summed E-state index contributed by atoms with van der Waals surface area (Å²) in [5, 5.41) is 6.35. The first kappa shape index (κ1) is 17.2. The Hall–Kier alpha value is -3.27. The van der Waals surface area contributed by atoms with Crippen LogP contribution in [-0.4, -0.2) is 12.5 Å². The van der Waals surface area contributed by atoms with Gasteiger partial charge in [-0.05, 0) is 48.2 Å². The number of amides is 1.